The van der Waals surface area contributed by atoms with Gasteiger partial charge in [-0.25, -0.2) is 4.99 Å². The number of carbonyl (C=O) groups is 2. The first-order valence-corrected chi connectivity index (χ1v) is 19.1. The van der Waals surface area contributed by atoms with Crippen LogP contribution < -0.4 is 10.1 Å². The summed E-state index contributed by atoms with van der Waals surface area (Å²) < 4.78 is 6.01. The normalized spacial score (nSPS) is 25.5. The van der Waals surface area contributed by atoms with Gasteiger partial charge in [0.15, 0.2) is 0 Å². The topological polar surface area (TPSA) is 124 Å². The van der Waals surface area contributed by atoms with Gasteiger partial charge in [0.25, 0.3) is 5.91 Å². The minimum atomic E-state index is -0.912. The number of methoxy groups -OCH3 is 1. The van der Waals surface area contributed by atoms with Crippen LogP contribution in [-0.2, 0) is 22.6 Å². The third-order valence-electron chi connectivity index (χ3n) is 11.8. The number of allylic oxidation sites excluding steroid dienone is 1. The van der Waals surface area contributed by atoms with Gasteiger partial charge in [-0.15, -0.1) is 0 Å². The number of hydrogen-bond acceptors (Lipinski definition) is 8. The lowest BCUT2D eigenvalue weighted by molar-refractivity contribution is -0.182. The van der Waals surface area contributed by atoms with Gasteiger partial charge in [0.2, 0.25) is 5.91 Å². The van der Waals surface area contributed by atoms with Crippen LogP contribution in [0.15, 0.2) is 89.4 Å². The first-order valence-electron chi connectivity index (χ1n) is 19.1. The van der Waals surface area contributed by atoms with Crippen molar-refractivity contribution in [2.45, 2.75) is 77.8 Å². The van der Waals surface area contributed by atoms with E-state index in [1.165, 1.54) is 11.1 Å². The molecule has 7 rings (SSSR count). The third kappa shape index (κ3) is 8.23. The average molecular weight is 737 g/mol. The van der Waals surface area contributed by atoms with Crippen LogP contribution >= 0.6 is 0 Å². The van der Waals surface area contributed by atoms with E-state index in [-0.39, 0.29) is 42.3 Å². The number of hydroxylamine groups is 2. The van der Waals surface area contributed by atoms with Crippen LogP contribution in [0.25, 0.3) is 11.1 Å². The Bertz CT molecular complexity index is 1870. The van der Waals surface area contributed by atoms with E-state index in [0.717, 1.165) is 35.2 Å². The fourth-order valence-corrected chi connectivity index (χ4v) is 8.75. The lowest BCUT2D eigenvalue weighted by atomic mass is 9.50. The van der Waals surface area contributed by atoms with Crippen LogP contribution in [0.5, 0.6) is 5.75 Å². The second-order valence-corrected chi connectivity index (χ2v) is 16.1. The number of ether oxygens (including phenoxy) is 1. The van der Waals surface area contributed by atoms with Crippen molar-refractivity contribution in [3.05, 3.63) is 101 Å². The number of fused-ring (bicyclic) bond motifs is 2. The zero-order valence-corrected chi connectivity index (χ0v) is 32.7. The van der Waals surface area contributed by atoms with Gasteiger partial charge in [-0.3, -0.25) is 14.4 Å². The van der Waals surface area contributed by atoms with Crippen LogP contribution in [0.2, 0.25) is 0 Å². The van der Waals surface area contributed by atoms with E-state index in [2.05, 4.69) is 49.3 Å². The maximum atomic E-state index is 14.2. The Balaban J connectivity index is 1.25. The summed E-state index contributed by atoms with van der Waals surface area (Å²) in [5.74, 6) is 0.107. The van der Waals surface area contributed by atoms with Gasteiger partial charge >= 0.3 is 0 Å². The number of para-hydroxylation sites is 1. The molecule has 10 nitrogen and oxygen atoms in total. The molecule has 54 heavy (non-hydrogen) atoms. The Morgan fingerprint density at radius 1 is 1.09 bits per heavy atom. The molecule has 3 aliphatic carbocycles. The molecule has 1 aliphatic heterocycles. The number of aliphatic hydroxyl groups is 2. The van der Waals surface area contributed by atoms with Gasteiger partial charge in [-0.1, -0.05) is 93.1 Å². The number of carbonyl (C=O) groups excluding carboxylic acids is 2. The average Bonchev–Trinajstić information content (AvgIpc) is 3.53. The van der Waals surface area contributed by atoms with Gasteiger partial charge in [0.05, 0.1) is 32.4 Å². The minimum absolute atomic E-state index is 0.121. The molecule has 4 aliphatic rings. The van der Waals surface area contributed by atoms with Crippen molar-refractivity contribution in [3.8, 4) is 16.9 Å². The van der Waals surface area contributed by atoms with Crippen LogP contribution in [0.1, 0.15) is 62.0 Å². The minimum Gasteiger partial charge on any atom is -0.496 e. The quantitative estimate of drug-likeness (QED) is 0.142. The molecule has 0 spiro atoms. The van der Waals surface area contributed by atoms with Crippen LogP contribution in [0, 0.1) is 23.2 Å². The molecular weight excluding hydrogens is 681 g/mol. The molecular formula is C44H56N4O6. The SMILES string of the molecule is COc1c(CN2O[C@@H](CO)C([C@H](C)O)[C@H]2C(=O)N[C@H]2C=C3C[C@@H]([C@@H]2C)C3(C)C)cccc1-c1cccc(C(=O)N=C(CCc2ccccc2)CN(C)C)c1. The van der Waals surface area contributed by atoms with Crippen molar-refractivity contribution >= 4 is 17.5 Å². The van der Waals surface area contributed by atoms with E-state index < -0.39 is 24.2 Å². The summed E-state index contributed by atoms with van der Waals surface area (Å²) in [6.45, 7) is 8.75. The second-order valence-electron chi connectivity index (χ2n) is 16.1. The summed E-state index contributed by atoms with van der Waals surface area (Å²) in [5, 5.41) is 26.1. The molecule has 2 bridgehead atoms. The number of aliphatic hydroxyl groups excluding tert-OH is 2. The third-order valence-corrected chi connectivity index (χ3v) is 11.8. The summed E-state index contributed by atoms with van der Waals surface area (Å²) in [4.78, 5) is 40.6. The monoisotopic (exact) mass is 736 g/mol. The first-order chi connectivity index (χ1) is 25.8. The standard InChI is InChI=1S/C44H56N4O6/c1-27-36-22-33(44(36,3)4)23-37(27)46-43(52)40-39(28(2)50)38(26-49)54-48(40)24-32-17-12-18-35(41(32)53-7)30-15-11-16-31(21-30)42(51)45-34(25-47(5)6)20-19-29-13-9-8-10-14-29/h8-18,21,23,27-28,36-40,49-50H,19-20,22,24-26H2,1-7H3,(H,46,52)/t27-,28-,36-,37-,38-,39?,40-/m0/s1. The van der Waals surface area contributed by atoms with Gasteiger partial charge < -0.3 is 25.2 Å². The first kappa shape index (κ1) is 39.5. The maximum absolute atomic E-state index is 14.2. The van der Waals surface area contributed by atoms with Crippen molar-refractivity contribution in [2.24, 2.45) is 28.2 Å². The molecule has 1 saturated carbocycles. The van der Waals surface area contributed by atoms with Gasteiger partial charge in [0, 0.05) is 34.9 Å². The molecule has 3 N–H and O–H groups in total. The lowest BCUT2D eigenvalue weighted by Crippen LogP contribution is -2.57. The molecule has 10 heteroatoms. The number of benzene rings is 3. The summed E-state index contributed by atoms with van der Waals surface area (Å²) in [5.41, 5.74) is 6.28. The van der Waals surface area contributed by atoms with E-state index in [9.17, 15) is 19.8 Å². The molecule has 2 amide bonds. The van der Waals surface area contributed by atoms with E-state index >= 15 is 0 Å². The number of hydrogen-bond donors (Lipinski definition) is 3. The maximum Gasteiger partial charge on any atom is 0.276 e. The Labute approximate surface area is 319 Å². The number of nitrogens with zero attached hydrogens (tertiary/aromatic N) is 3. The van der Waals surface area contributed by atoms with Gasteiger partial charge in [0.1, 0.15) is 17.9 Å². The Morgan fingerprint density at radius 3 is 2.48 bits per heavy atom. The highest BCUT2D eigenvalue weighted by atomic mass is 16.7. The van der Waals surface area contributed by atoms with Crippen molar-refractivity contribution < 1.29 is 29.4 Å². The van der Waals surface area contributed by atoms with E-state index in [4.69, 9.17) is 9.57 Å². The highest BCUT2D eigenvalue weighted by Gasteiger charge is 2.53. The number of rotatable bonds is 14. The summed E-state index contributed by atoms with van der Waals surface area (Å²) in [6, 6.07) is 22.3. The molecule has 1 heterocycles. The van der Waals surface area contributed by atoms with E-state index in [1.807, 2.05) is 73.6 Å². The van der Waals surface area contributed by atoms with Crippen LogP contribution in [0.3, 0.4) is 0 Å². The summed E-state index contributed by atoms with van der Waals surface area (Å²) in [7, 11) is 5.53. The molecule has 2 fully saturated rings. The summed E-state index contributed by atoms with van der Waals surface area (Å²) in [6.07, 6.45) is 3.05. The smallest absolute Gasteiger partial charge is 0.276 e. The zero-order chi connectivity index (χ0) is 38.7. The van der Waals surface area contributed by atoms with Gasteiger partial charge in [-0.05, 0) is 80.8 Å². The molecule has 1 saturated heterocycles. The molecule has 0 aromatic heterocycles. The Morgan fingerprint density at radius 2 is 1.83 bits per heavy atom. The predicted octanol–water partition coefficient (Wildman–Crippen LogP) is 5.72. The van der Waals surface area contributed by atoms with Crippen molar-refractivity contribution in [3.63, 3.8) is 0 Å². The zero-order valence-electron chi connectivity index (χ0n) is 32.7. The molecule has 3 aromatic carbocycles. The van der Waals surface area contributed by atoms with Crippen molar-refractivity contribution in [1.82, 2.24) is 15.3 Å². The molecule has 288 valence electrons. The highest BCUT2D eigenvalue weighted by molar-refractivity contribution is 6.05. The molecule has 7 atom stereocenters. The molecule has 0 radical (unpaired) electrons. The van der Waals surface area contributed by atoms with Crippen LogP contribution in [-0.4, -0.2) is 96.4 Å². The fourth-order valence-electron chi connectivity index (χ4n) is 8.75. The summed E-state index contributed by atoms with van der Waals surface area (Å²) >= 11 is 0. The highest BCUT2D eigenvalue weighted by Crippen LogP contribution is 2.58. The Hall–Kier alpha value is -4.19. The number of aryl methyl sites for hydroxylation is 1. The predicted molar refractivity (Wildman–Crippen MR) is 211 cm³/mol. The number of nitrogens with one attached hydrogen (secondary N) is 1. The fraction of sp³-hybridized carbons (Fsp3) is 0.477. The second kappa shape index (κ2) is 16.7. The number of amides is 2. The van der Waals surface area contributed by atoms with Crippen molar-refractivity contribution in [2.75, 3.05) is 34.4 Å². The van der Waals surface area contributed by atoms with Crippen LogP contribution in [0.4, 0.5) is 0 Å². The number of aliphatic imine (C=N–C) groups is 1. The van der Waals surface area contributed by atoms with Gasteiger partial charge in [-0.2, -0.15) is 5.06 Å². The largest absolute Gasteiger partial charge is 0.496 e. The van der Waals surface area contributed by atoms with E-state index in [1.54, 1.807) is 25.2 Å². The Kier molecular flexibility index (Phi) is 12.2. The lowest BCUT2D eigenvalue weighted by Gasteiger charge is -2.56. The molecule has 1 unspecified atom stereocenters. The van der Waals surface area contributed by atoms with E-state index in [0.29, 0.717) is 30.2 Å². The van der Waals surface area contributed by atoms with Crippen molar-refractivity contribution in [1.29, 1.82) is 0 Å². The molecule has 3 aromatic rings.